The molecule has 1 N–H and O–H groups in total. The van der Waals surface area contributed by atoms with Crippen LogP contribution in [0, 0.1) is 6.92 Å². The maximum absolute atomic E-state index is 12.8. The number of aryl methyl sites for hydroxylation is 1. The van der Waals surface area contributed by atoms with Crippen molar-refractivity contribution in [2.24, 2.45) is 19.1 Å². The van der Waals surface area contributed by atoms with Crippen LogP contribution in [0.25, 0.3) is 0 Å². The Kier molecular flexibility index (Phi) is 5.84. The quantitative estimate of drug-likeness (QED) is 0.544. The zero-order chi connectivity index (χ0) is 20.3. The maximum Gasteiger partial charge on any atom is 0.333 e. The van der Waals surface area contributed by atoms with Crippen LogP contribution in [0.1, 0.15) is 16.7 Å². The van der Waals surface area contributed by atoms with Gasteiger partial charge in [-0.1, -0.05) is 42.5 Å². The number of aromatic hydroxyl groups is 1. The number of benzene rings is 2. The molecule has 0 spiro atoms. The van der Waals surface area contributed by atoms with Crippen LogP contribution in [0.5, 0.6) is 5.88 Å². The largest absolute Gasteiger partial charge is 0.494 e. The predicted molar refractivity (Wildman–Crippen MR) is 114 cm³/mol. The van der Waals surface area contributed by atoms with Crippen LogP contribution in [0.3, 0.4) is 0 Å². The number of rotatable bonds is 4. The smallest absolute Gasteiger partial charge is 0.333 e. The van der Waals surface area contributed by atoms with Crippen molar-refractivity contribution in [2.75, 3.05) is 0 Å². The molecule has 0 atom stereocenters. The van der Waals surface area contributed by atoms with Crippen molar-refractivity contribution in [3.8, 4) is 5.88 Å². The number of thioether (sulfide) groups is 1. The van der Waals surface area contributed by atoms with Crippen LogP contribution >= 0.6 is 11.8 Å². The van der Waals surface area contributed by atoms with Crippen molar-refractivity contribution < 1.29 is 5.11 Å². The molecule has 144 valence electrons. The summed E-state index contributed by atoms with van der Waals surface area (Å²) in [5, 5.41) is 10.9. The van der Waals surface area contributed by atoms with Crippen molar-refractivity contribution in [2.45, 2.75) is 12.7 Å². The summed E-state index contributed by atoms with van der Waals surface area (Å²) in [4.78, 5) is 29.5. The summed E-state index contributed by atoms with van der Waals surface area (Å²) < 4.78 is 2.02. The third kappa shape index (κ3) is 4.09. The second kappa shape index (κ2) is 8.31. The van der Waals surface area contributed by atoms with Crippen molar-refractivity contribution in [1.82, 2.24) is 9.13 Å². The fourth-order valence-corrected chi connectivity index (χ4v) is 3.71. The van der Waals surface area contributed by atoms with Gasteiger partial charge in [-0.15, -0.1) is 11.8 Å². The average molecular weight is 395 g/mol. The van der Waals surface area contributed by atoms with Gasteiger partial charge < -0.3 is 5.11 Å². The third-order valence-corrected chi connectivity index (χ3v) is 5.34. The van der Waals surface area contributed by atoms with Gasteiger partial charge in [0.2, 0.25) is 5.88 Å². The van der Waals surface area contributed by atoms with Crippen LogP contribution in [0.2, 0.25) is 0 Å². The molecule has 7 heteroatoms. The summed E-state index contributed by atoms with van der Waals surface area (Å²) in [5.74, 6) is 0.178. The van der Waals surface area contributed by atoms with E-state index in [1.165, 1.54) is 25.9 Å². The molecule has 0 fully saturated rings. The fourth-order valence-electron chi connectivity index (χ4n) is 2.72. The predicted octanol–water partition coefficient (Wildman–Crippen LogP) is 3.11. The van der Waals surface area contributed by atoms with Gasteiger partial charge in [0, 0.05) is 19.8 Å². The van der Waals surface area contributed by atoms with Gasteiger partial charge in [0.05, 0.1) is 5.69 Å². The lowest BCUT2D eigenvalue weighted by molar-refractivity contribution is 0.410. The molecule has 0 saturated heterocycles. The lowest BCUT2D eigenvalue weighted by Gasteiger charge is -2.12. The molecular formula is C21H21N3O3S. The van der Waals surface area contributed by atoms with E-state index in [0.29, 0.717) is 16.5 Å². The SMILES string of the molecule is Cc1cccc(N=C(SCc2ccccc2)c2c(O)n(C)c(=O)n(C)c2=O)c1. The molecule has 3 aromatic rings. The highest BCUT2D eigenvalue weighted by Crippen LogP contribution is 2.25. The standard InChI is InChI=1S/C21H21N3O3S/c1-14-8-7-11-16(12-14)22-18(28-13-15-9-5-4-6-10-15)17-19(25)23(2)21(27)24(3)20(17)26/h4-12,25H,13H2,1-3H3. The number of aliphatic imine (C=N–C) groups is 1. The molecule has 6 nitrogen and oxygen atoms in total. The van der Waals surface area contributed by atoms with Gasteiger partial charge in [-0.2, -0.15) is 0 Å². The molecule has 28 heavy (non-hydrogen) atoms. The molecule has 0 unspecified atom stereocenters. The molecule has 0 amide bonds. The Morgan fingerprint density at radius 1 is 1.04 bits per heavy atom. The first-order valence-electron chi connectivity index (χ1n) is 8.70. The molecule has 0 saturated carbocycles. The van der Waals surface area contributed by atoms with E-state index in [4.69, 9.17) is 0 Å². The van der Waals surface area contributed by atoms with Crippen molar-refractivity contribution in [3.63, 3.8) is 0 Å². The van der Waals surface area contributed by atoms with Gasteiger partial charge >= 0.3 is 5.69 Å². The molecule has 0 radical (unpaired) electrons. The van der Waals surface area contributed by atoms with Gasteiger partial charge in [0.15, 0.2) is 0 Å². The van der Waals surface area contributed by atoms with Gasteiger partial charge in [-0.3, -0.25) is 13.9 Å². The van der Waals surface area contributed by atoms with Crippen LogP contribution in [0.15, 0.2) is 69.2 Å². The minimum Gasteiger partial charge on any atom is -0.494 e. The summed E-state index contributed by atoms with van der Waals surface area (Å²) in [6.45, 7) is 1.96. The van der Waals surface area contributed by atoms with E-state index in [-0.39, 0.29) is 11.4 Å². The van der Waals surface area contributed by atoms with E-state index < -0.39 is 11.2 Å². The van der Waals surface area contributed by atoms with Crippen molar-refractivity contribution >= 4 is 22.5 Å². The molecular weight excluding hydrogens is 374 g/mol. The minimum atomic E-state index is -0.589. The Balaban J connectivity index is 2.14. The van der Waals surface area contributed by atoms with Crippen LogP contribution in [0.4, 0.5) is 5.69 Å². The third-order valence-electron chi connectivity index (χ3n) is 4.30. The molecule has 0 aliphatic rings. The Morgan fingerprint density at radius 2 is 1.75 bits per heavy atom. The molecule has 2 aromatic carbocycles. The first kappa shape index (κ1) is 19.7. The maximum atomic E-state index is 12.8. The summed E-state index contributed by atoms with van der Waals surface area (Å²) in [6.07, 6.45) is 0. The minimum absolute atomic E-state index is 0.0204. The lowest BCUT2D eigenvalue weighted by atomic mass is 10.2. The topological polar surface area (TPSA) is 76.6 Å². The van der Waals surface area contributed by atoms with E-state index in [1.54, 1.807) is 0 Å². The van der Waals surface area contributed by atoms with Crippen LogP contribution in [-0.4, -0.2) is 19.3 Å². The highest BCUT2D eigenvalue weighted by atomic mass is 32.2. The summed E-state index contributed by atoms with van der Waals surface area (Å²) in [6, 6.07) is 17.3. The summed E-state index contributed by atoms with van der Waals surface area (Å²) >= 11 is 1.34. The first-order valence-corrected chi connectivity index (χ1v) is 9.68. The Morgan fingerprint density at radius 3 is 2.43 bits per heavy atom. The monoisotopic (exact) mass is 395 g/mol. The lowest BCUT2D eigenvalue weighted by Crippen LogP contribution is -2.39. The second-order valence-corrected chi connectivity index (χ2v) is 7.40. The van der Waals surface area contributed by atoms with E-state index in [2.05, 4.69) is 4.99 Å². The van der Waals surface area contributed by atoms with Crippen molar-refractivity contribution in [1.29, 1.82) is 0 Å². The highest BCUT2D eigenvalue weighted by Gasteiger charge is 2.21. The number of hydrogen-bond acceptors (Lipinski definition) is 5. The van der Waals surface area contributed by atoms with Gasteiger partial charge in [0.1, 0.15) is 10.6 Å². The van der Waals surface area contributed by atoms with Crippen molar-refractivity contribution in [3.05, 3.63) is 92.1 Å². The molecule has 0 aliphatic heterocycles. The Hall–Kier alpha value is -3.06. The summed E-state index contributed by atoms with van der Waals surface area (Å²) in [5.41, 5.74) is 1.62. The van der Waals surface area contributed by atoms with Crippen LogP contribution in [-0.2, 0) is 19.8 Å². The first-order chi connectivity index (χ1) is 13.4. The normalized spacial score (nSPS) is 11.6. The van der Waals surface area contributed by atoms with E-state index >= 15 is 0 Å². The fraction of sp³-hybridized carbons (Fsp3) is 0.190. The van der Waals surface area contributed by atoms with Gasteiger partial charge in [-0.05, 0) is 30.2 Å². The van der Waals surface area contributed by atoms with Crippen LogP contribution < -0.4 is 11.2 Å². The number of hydrogen-bond donors (Lipinski definition) is 1. The molecule has 1 aromatic heterocycles. The second-order valence-electron chi connectivity index (χ2n) is 6.43. The van der Waals surface area contributed by atoms with Gasteiger partial charge in [0.25, 0.3) is 5.56 Å². The van der Waals surface area contributed by atoms with E-state index in [0.717, 1.165) is 20.3 Å². The Labute approximate surface area is 166 Å². The zero-order valence-corrected chi connectivity index (χ0v) is 16.7. The Bertz CT molecular complexity index is 1150. The molecule has 0 bridgehead atoms. The molecule has 0 aliphatic carbocycles. The summed E-state index contributed by atoms with van der Waals surface area (Å²) in [7, 11) is 2.81. The number of aromatic nitrogens is 2. The number of nitrogens with zero attached hydrogens (tertiary/aromatic N) is 3. The zero-order valence-electron chi connectivity index (χ0n) is 15.9. The average Bonchev–Trinajstić information content (AvgIpc) is 2.70. The molecule has 3 rings (SSSR count). The van der Waals surface area contributed by atoms with E-state index in [9.17, 15) is 14.7 Å². The van der Waals surface area contributed by atoms with E-state index in [1.807, 2.05) is 61.5 Å². The highest BCUT2D eigenvalue weighted by molar-refractivity contribution is 8.13. The molecule has 1 heterocycles. The van der Waals surface area contributed by atoms with Gasteiger partial charge in [-0.25, -0.2) is 9.79 Å².